The van der Waals surface area contributed by atoms with Gasteiger partial charge >= 0.3 is 12.1 Å². The lowest BCUT2D eigenvalue weighted by atomic mass is 10.1. The zero-order valence-electron chi connectivity index (χ0n) is 25.5. The molecule has 10 nitrogen and oxygen atoms in total. The molecule has 1 aliphatic carbocycles. The lowest BCUT2D eigenvalue weighted by Gasteiger charge is -2.23. The Labute approximate surface area is 263 Å². The van der Waals surface area contributed by atoms with E-state index in [4.69, 9.17) is 4.74 Å². The van der Waals surface area contributed by atoms with Gasteiger partial charge in [0.1, 0.15) is 6.61 Å². The van der Waals surface area contributed by atoms with Gasteiger partial charge in [-0.1, -0.05) is 60.7 Å². The van der Waals surface area contributed by atoms with E-state index in [9.17, 15) is 14.4 Å². The van der Waals surface area contributed by atoms with Crippen LogP contribution in [-0.4, -0.2) is 66.0 Å². The van der Waals surface area contributed by atoms with Crippen molar-refractivity contribution in [2.45, 2.75) is 31.5 Å². The van der Waals surface area contributed by atoms with Gasteiger partial charge in [-0.25, -0.2) is 9.59 Å². The number of nitrogens with zero attached hydrogens (tertiary/aromatic N) is 3. The number of alkyl carbamates (subject to hydrolysis) is 1. The van der Waals surface area contributed by atoms with E-state index in [1.807, 2.05) is 12.1 Å². The van der Waals surface area contributed by atoms with Crippen molar-refractivity contribution in [3.8, 4) is 0 Å². The third-order valence-electron chi connectivity index (χ3n) is 7.85. The summed E-state index contributed by atoms with van der Waals surface area (Å²) in [5.41, 5.74) is 4.41. The molecule has 3 N–H and O–H groups in total. The van der Waals surface area contributed by atoms with E-state index in [0.29, 0.717) is 35.4 Å². The largest absolute Gasteiger partial charge is 0.445 e. The number of pyridine rings is 1. The van der Waals surface area contributed by atoms with E-state index in [1.165, 1.54) is 5.56 Å². The molecular formula is C35H38N6O4. The van der Waals surface area contributed by atoms with Crippen LogP contribution in [0.3, 0.4) is 0 Å². The summed E-state index contributed by atoms with van der Waals surface area (Å²) in [4.78, 5) is 46.0. The predicted octanol–water partition coefficient (Wildman–Crippen LogP) is 5.71. The van der Waals surface area contributed by atoms with Crippen LogP contribution in [0.25, 0.3) is 0 Å². The minimum absolute atomic E-state index is 0.129. The molecule has 1 aliphatic rings. The number of amides is 4. The first-order valence-corrected chi connectivity index (χ1v) is 14.9. The molecule has 3 aromatic carbocycles. The highest BCUT2D eigenvalue weighted by Gasteiger charge is 2.40. The number of aromatic nitrogens is 1. The van der Waals surface area contributed by atoms with Crippen LogP contribution in [0.4, 0.5) is 21.0 Å². The maximum atomic E-state index is 13.0. The third kappa shape index (κ3) is 8.90. The normalized spacial score (nSPS) is 15.2. The van der Waals surface area contributed by atoms with Crippen LogP contribution in [0.15, 0.2) is 103 Å². The summed E-state index contributed by atoms with van der Waals surface area (Å²) >= 11 is 0. The van der Waals surface area contributed by atoms with Crippen molar-refractivity contribution in [2.24, 2.45) is 0 Å². The third-order valence-corrected chi connectivity index (χ3v) is 7.85. The van der Waals surface area contributed by atoms with Crippen LogP contribution in [0.2, 0.25) is 0 Å². The Bertz CT molecular complexity index is 1580. The zero-order chi connectivity index (χ0) is 31.6. The number of urea groups is 1. The molecule has 5 rings (SSSR count). The second-order valence-corrected chi connectivity index (χ2v) is 11.1. The van der Waals surface area contributed by atoms with E-state index < -0.39 is 6.09 Å². The number of benzene rings is 3. The molecule has 2 unspecified atom stereocenters. The summed E-state index contributed by atoms with van der Waals surface area (Å²) in [6.07, 6.45) is 3.88. The van der Waals surface area contributed by atoms with Crippen LogP contribution in [0.5, 0.6) is 0 Å². The average molecular weight is 607 g/mol. The summed E-state index contributed by atoms with van der Waals surface area (Å²) in [5, 5.41) is 8.51. The van der Waals surface area contributed by atoms with Crippen molar-refractivity contribution in [1.29, 1.82) is 0 Å². The van der Waals surface area contributed by atoms with Crippen molar-refractivity contribution in [2.75, 3.05) is 37.8 Å². The monoisotopic (exact) mass is 606 g/mol. The fourth-order valence-corrected chi connectivity index (χ4v) is 5.04. The lowest BCUT2D eigenvalue weighted by Crippen LogP contribution is -2.38. The molecule has 4 amide bonds. The Morgan fingerprint density at radius 1 is 0.822 bits per heavy atom. The summed E-state index contributed by atoms with van der Waals surface area (Å²) in [6.45, 7) is 1.71. The molecule has 4 aromatic rings. The predicted molar refractivity (Wildman–Crippen MR) is 174 cm³/mol. The maximum Gasteiger partial charge on any atom is 0.407 e. The number of hydrogen-bond acceptors (Lipinski definition) is 6. The molecular weight excluding hydrogens is 568 g/mol. The molecule has 1 aromatic heterocycles. The van der Waals surface area contributed by atoms with E-state index in [0.717, 1.165) is 24.1 Å². The number of anilines is 2. The van der Waals surface area contributed by atoms with Crippen LogP contribution >= 0.6 is 0 Å². The fourth-order valence-electron chi connectivity index (χ4n) is 5.04. The molecule has 232 valence electrons. The molecule has 0 radical (unpaired) electrons. The van der Waals surface area contributed by atoms with Crippen molar-refractivity contribution in [1.82, 2.24) is 20.1 Å². The standard InChI is InChI=1S/C35H38N6O4/c1-40(32-21-29(32)27-10-4-3-5-11-27)19-20-41(2)34(43)39-31-13-7-6-12-30(31)38-33(42)28-16-14-25(15-17-28)23-37-35(44)45-24-26-9-8-18-36-22-26/h3-18,22,29,32H,19-21,23-24H2,1-2H3,(H,37,44)(H,38,42)(H,39,43). The number of carbonyl (C=O) groups is 3. The summed E-state index contributed by atoms with van der Waals surface area (Å²) in [6, 6.07) is 28.4. The van der Waals surface area contributed by atoms with Gasteiger partial charge in [0.25, 0.3) is 5.91 Å². The fraction of sp³-hybridized carbons (Fsp3) is 0.257. The molecule has 0 spiro atoms. The van der Waals surface area contributed by atoms with Gasteiger partial charge in [-0.2, -0.15) is 0 Å². The summed E-state index contributed by atoms with van der Waals surface area (Å²) in [5.74, 6) is 0.227. The van der Waals surface area contributed by atoms with Crippen LogP contribution in [-0.2, 0) is 17.9 Å². The highest BCUT2D eigenvalue weighted by Crippen LogP contribution is 2.43. The van der Waals surface area contributed by atoms with Gasteiger partial charge in [0.05, 0.1) is 11.4 Å². The van der Waals surface area contributed by atoms with E-state index in [-0.39, 0.29) is 25.1 Å². The van der Waals surface area contributed by atoms with E-state index >= 15 is 0 Å². The number of para-hydroxylation sites is 2. The Morgan fingerprint density at radius 2 is 1.53 bits per heavy atom. The second kappa shape index (κ2) is 15.0. The van der Waals surface area contributed by atoms with Crippen LogP contribution in [0, 0.1) is 0 Å². The molecule has 2 atom stereocenters. The first kappa shape index (κ1) is 31.2. The van der Waals surface area contributed by atoms with Gasteiger partial charge in [-0.3, -0.25) is 9.78 Å². The minimum Gasteiger partial charge on any atom is -0.445 e. The number of carbonyl (C=O) groups excluding carboxylic acids is 3. The average Bonchev–Trinajstić information content (AvgIpc) is 3.88. The molecule has 0 aliphatic heterocycles. The number of likely N-dealkylation sites (N-methyl/N-ethyl adjacent to an activating group) is 2. The first-order valence-electron chi connectivity index (χ1n) is 14.9. The number of hydrogen-bond donors (Lipinski definition) is 3. The Kier molecular flexibility index (Phi) is 10.4. The number of nitrogens with one attached hydrogen (secondary N) is 3. The Morgan fingerprint density at radius 3 is 2.24 bits per heavy atom. The molecule has 10 heteroatoms. The van der Waals surface area contributed by atoms with E-state index in [1.54, 1.807) is 78.9 Å². The molecule has 1 heterocycles. The highest BCUT2D eigenvalue weighted by atomic mass is 16.5. The molecule has 45 heavy (non-hydrogen) atoms. The molecule has 1 saturated carbocycles. The summed E-state index contributed by atoms with van der Waals surface area (Å²) < 4.78 is 5.20. The highest BCUT2D eigenvalue weighted by molar-refractivity contribution is 6.07. The van der Waals surface area contributed by atoms with Crippen molar-refractivity contribution in [3.63, 3.8) is 0 Å². The molecule has 0 bridgehead atoms. The smallest absolute Gasteiger partial charge is 0.407 e. The Balaban J connectivity index is 1.07. The lowest BCUT2D eigenvalue weighted by molar-refractivity contribution is 0.102. The van der Waals surface area contributed by atoms with Gasteiger partial charge < -0.3 is 30.5 Å². The van der Waals surface area contributed by atoms with Crippen LogP contribution < -0.4 is 16.0 Å². The first-order chi connectivity index (χ1) is 21.9. The maximum absolute atomic E-state index is 13.0. The van der Waals surface area contributed by atoms with Gasteiger partial charge in [0, 0.05) is 62.2 Å². The van der Waals surface area contributed by atoms with Crippen molar-refractivity contribution in [3.05, 3.63) is 126 Å². The van der Waals surface area contributed by atoms with E-state index in [2.05, 4.69) is 57.1 Å². The summed E-state index contributed by atoms with van der Waals surface area (Å²) in [7, 11) is 3.87. The van der Waals surface area contributed by atoms with Gasteiger partial charge in [-0.15, -0.1) is 0 Å². The molecule has 1 fully saturated rings. The van der Waals surface area contributed by atoms with Gasteiger partial charge in [-0.05, 0) is 54.9 Å². The Hall–Kier alpha value is -5.22. The van der Waals surface area contributed by atoms with Gasteiger partial charge in [0.2, 0.25) is 0 Å². The quantitative estimate of drug-likeness (QED) is 0.190. The van der Waals surface area contributed by atoms with Crippen molar-refractivity contribution >= 4 is 29.4 Å². The second-order valence-electron chi connectivity index (χ2n) is 11.1. The van der Waals surface area contributed by atoms with Crippen LogP contribution in [0.1, 0.15) is 39.4 Å². The number of ether oxygens (including phenoxy) is 1. The number of rotatable bonds is 12. The topological polar surface area (TPSA) is 116 Å². The SMILES string of the molecule is CN(CCN(C)C1CC1c1ccccc1)C(=O)Nc1ccccc1NC(=O)c1ccc(CNC(=O)OCc2cccnc2)cc1. The molecule has 0 saturated heterocycles. The minimum atomic E-state index is -0.545. The zero-order valence-corrected chi connectivity index (χ0v) is 25.5. The van der Waals surface area contributed by atoms with Crippen molar-refractivity contribution < 1.29 is 19.1 Å². The van der Waals surface area contributed by atoms with Gasteiger partial charge in [0.15, 0.2) is 0 Å².